The van der Waals surface area contributed by atoms with Crippen molar-refractivity contribution in [2.24, 2.45) is 11.7 Å². The van der Waals surface area contributed by atoms with Crippen molar-refractivity contribution in [2.75, 3.05) is 13.7 Å². The fourth-order valence-corrected chi connectivity index (χ4v) is 2.23. The van der Waals surface area contributed by atoms with Gasteiger partial charge in [-0.05, 0) is 32.4 Å². The molecule has 1 amide bonds. The number of hydrogen-bond acceptors (Lipinski definition) is 3. The fourth-order valence-electron chi connectivity index (χ4n) is 2.23. The van der Waals surface area contributed by atoms with Gasteiger partial charge in [0.1, 0.15) is 5.75 Å². The van der Waals surface area contributed by atoms with Crippen LogP contribution in [0.5, 0.6) is 5.75 Å². The average Bonchev–Trinajstić information content (AvgIpc) is 2.44. The zero-order valence-electron chi connectivity index (χ0n) is 12.9. The number of amides is 1. The monoisotopic (exact) mass is 278 g/mol. The molecule has 1 aromatic carbocycles. The molecule has 0 saturated carbocycles. The second kappa shape index (κ2) is 7.90. The molecule has 0 aliphatic rings. The highest BCUT2D eigenvalue weighted by atomic mass is 16.5. The van der Waals surface area contributed by atoms with Crippen LogP contribution >= 0.6 is 0 Å². The highest BCUT2D eigenvalue weighted by Gasteiger charge is 2.16. The fraction of sp³-hybridized carbons (Fsp3) is 0.562. The van der Waals surface area contributed by atoms with Crippen molar-refractivity contribution in [3.05, 3.63) is 29.3 Å². The summed E-state index contributed by atoms with van der Waals surface area (Å²) in [5.74, 6) is 1.09. The number of methoxy groups -OCH3 is 1. The number of nitrogens with two attached hydrogens (primary N) is 1. The number of hydrogen-bond donors (Lipinski definition) is 2. The van der Waals surface area contributed by atoms with Gasteiger partial charge in [-0.3, -0.25) is 4.79 Å². The summed E-state index contributed by atoms with van der Waals surface area (Å²) in [6.45, 7) is 6.60. The van der Waals surface area contributed by atoms with E-state index in [9.17, 15) is 4.79 Å². The second-order valence-electron chi connectivity index (χ2n) is 5.25. The standard InChI is InChI=1S/C16H26N2O2/c1-5-13(10-17)9-16(19)18-12(3)14-8-11(2)6-7-15(14)20-4/h6-8,12-13H,5,9-10,17H2,1-4H3,(H,18,19). The lowest BCUT2D eigenvalue weighted by atomic mass is 10.0. The largest absolute Gasteiger partial charge is 0.496 e. The summed E-state index contributed by atoms with van der Waals surface area (Å²) in [6.07, 6.45) is 1.40. The number of aryl methyl sites for hydroxylation is 1. The zero-order chi connectivity index (χ0) is 15.1. The van der Waals surface area contributed by atoms with E-state index in [2.05, 4.69) is 12.2 Å². The van der Waals surface area contributed by atoms with Gasteiger partial charge >= 0.3 is 0 Å². The van der Waals surface area contributed by atoms with Crippen molar-refractivity contribution < 1.29 is 9.53 Å². The average molecular weight is 278 g/mol. The smallest absolute Gasteiger partial charge is 0.220 e. The van der Waals surface area contributed by atoms with E-state index in [1.807, 2.05) is 32.0 Å². The van der Waals surface area contributed by atoms with E-state index in [0.29, 0.717) is 13.0 Å². The Morgan fingerprint density at radius 2 is 2.15 bits per heavy atom. The number of rotatable bonds is 7. The maximum atomic E-state index is 12.0. The van der Waals surface area contributed by atoms with E-state index in [4.69, 9.17) is 10.5 Å². The van der Waals surface area contributed by atoms with Crippen LogP contribution < -0.4 is 15.8 Å². The second-order valence-corrected chi connectivity index (χ2v) is 5.25. The highest BCUT2D eigenvalue weighted by Crippen LogP contribution is 2.26. The molecule has 2 unspecified atom stereocenters. The minimum absolute atomic E-state index is 0.0401. The summed E-state index contributed by atoms with van der Waals surface area (Å²) < 4.78 is 5.36. The van der Waals surface area contributed by atoms with Gasteiger partial charge in [0.15, 0.2) is 0 Å². The molecule has 0 spiro atoms. The molecule has 0 radical (unpaired) electrons. The van der Waals surface area contributed by atoms with Crippen molar-refractivity contribution in [2.45, 2.75) is 39.7 Å². The van der Waals surface area contributed by atoms with Crippen LogP contribution in [0.25, 0.3) is 0 Å². The Hall–Kier alpha value is -1.55. The third-order valence-corrected chi connectivity index (χ3v) is 3.61. The lowest BCUT2D eigenvalue weighted by molar-refractivity contribution is -0.122. The quantitative estimate of drug-likeness (QED) is 0.805. The third kappa shape index (κ3) is 4.53. The molecule has 4 heteroatoms. The molecule has 3 N–H and O–H groups in total. The van der Waals surface area contributed by atoms with Crippen LogP contribution in [0.1, 0.15) is 43.9 Å². The lowest BCUT2D eigenvalue weighted by Gasteiger charge is -2.19. The highest BCUT2D eigenvalue weighted by molar-refractivity contribution is 5.76. The Kier molecular flexibility index (Phi) is 6.52. The predicted octanol–water partition coefficient (Wildman–Crippen LogP) is 2.56. The number of ether oxygens (including phenoxy) is 1. The molecule has 0 heterocycles. The van der Waals surface area contributed by atoms with Crippen molar-refractivity contribution in [3.8, 4) is 5.75 Å². The van der Waals surface area contributed by atoms with E-state index in [0.717, 1.165) is 23.3 Å². The van der Waals surface area contributed by atoms with Gasteiger partial charge in [0.05, 0.1) is 13.2 Å². The zero-order valence-corrected chi connectivity index (χ0v) is 12.9. The number of carbonyl (C=O) groups is 1. The van der Waals surface area contributed by atoms with Gasteiger partial charge in [0, 0.05) is 12.0 Å². The molecule has 4 nitrogen and oxygen atoms in total. The van der Waals surface area contributed by atoms with E-state index in [1.54, 1.807) is 7.11 Å². The first-order valence-electron chi connectivity index (χ1n) is 7.15. The van der Waals surface area contributed by atoms with Gasteiger partial charge < -0.3 is 15.8 Å². The normalized spacial score (nSPS) is 13.7. The van der Waals surface area contributed by atoms with Crippen molar-refractivity contribution in [1.29, 1.82) is 0 Å². The van der Waals surface area contributed by atoms with Crippen molar-refractivity contribution in [3.63, 3.8) is 0 Å². The lowest BCUT2D eigenvalue weighted by Crippen LogP contribution is -2.30. The first kappa shape index (κ1) is 16.5. The molecule has 1 rings (SSSR count). The van der Waals surface area contributed by atoms with Crippen LogP contribution in [0.2, 0.25) is 0 Å². The van der Waals surface area contributed by atoms with Crippen molar-refractivity contribution in [1.82, 2.24) is 5.32 Å². The Bertz CT molecular complexity index is 442. The van der Waals surface area contributed by atoms with Gasteiger partial charge in [0.2, 0.25) is 5.91 Å². The molecule has 0 bridgehead atoms. The maximum absolute atomic E-state index is 12.0. The first-order chi connectivity index (χ1) is 9.51. The summed E-state index contributed by atoms with van der Waals surface area (Å²) in [7, 11) is 1.64. The molecule has 2 atom stereocenters. The van der Waals surface area contributed by atoms with Gasteiger partial charge in [-0.15, -0.1) is 0 Å². The van der Waals surface area contributed by atoms with E-state index in [1.165, 1.54) is 0 Å². The molecular formula is C16H26N2O2. The van der Waals surface area contributed by atoms with Gasteiger partial charge in [0.25, 0.3) is 0 Å². The molecule has 0 saturated heterocycles. The van der Waals surface area contributed by atoms with Crippen LogP contribution in [0.3, 0.4) is 0 Å². The molecule has 20 heavy (non-hydrogen) atoms. The number of nitrogens with one attached hydrogen (secondary N) is 1. The topological polar surface area (TPSA) is 64.4 Å². The molecular weight excluding hydrogens is 252 g/mol. The minimum Gasteiger partial charge on any atom is -0.496 e. The predicted molar refractivity (Wildman–Crippen MR) is 81.7 cm³/mol. The summed E-state index contributed by atoms with van der Waals surface area (Å²) >= 11 is 0. The van der Waals surface area contributed by atoms with E-state index in [-0.39, 0.29) is 17.9 Å². The van der Waals surface area contributed by atoms with Crippen LogP contribution in [-0.2, 0) is 4.79 Å². The Labute approximate surface area is 121 Å². The van der Waals surface area contributed by atoms with Crippen molar-refractivity contribution >= 4 is 5.91 Å². The summed E-state index contributed by atoms with van der Waals surface area (Å²) in [5.41, 5.74) is 7.79. The summed E-state index contributed by atoms with van der Waals surface area (Å²) in [4.78, 5) is 12.0. The van der Waals surface area contributed by atoms with Crippen LogP contribution in [0, 0.1) is 12.8 Å². The van der Waals surface area contributed by atoms with Crippen LogP contribution in [0.15, 0.2) is 18.2 Å². The SMILES string of the molecule is CCC(CN)CC(=O)NC(C)c1cc(C)ccc1OC. The van der Waals surface area contributed by atoms with E-state index >= 15 is 0 Å². The number of carbonyl (C=O) groups excluding carboxylic acids is 1. The maximum Gasteiger partial charge on any atom is 0.220 e. The summed E-state index contributed by atoms with van der Waals surface area (Å²) in [5, 5.41) is 3.02. The van der Waals surface area contributed by atoms with Gasteiger partial charge in [-0.1, -0.05) is 31.0 Å². The Morgan fingerprint density at radius 1 is 1.45 bits per heavy atom. The van der Waals surface area contributed by atoms with Gasteiger partial charge in [-0.2, -0.15) is 0 Å². The minimum atomic E-state index is -0.0763. The molecule has 0 fully saturated rings. The van der Waals surface area contributed by atoms with E-state index < -0.39 is 0 Å². The molecule has 0 aliphatic carbocycles. The van der Waals surface area contributed by atoms with Crippen LogP contribution in [-0.4, -0.2) is 19.6 Å². The first-order valence-corrected chi connectivity index (χ1v) is 7.15. The van der Waals surface area contributed by atoms with Crippen LogP contribution in [0.4, 0.5) is 0 Å². The molecule has 0 aliphatic heterocycles. The molecule has 0 aromatic heterocycles. The number of benzene rings is 1. The third-order valence-electron chi connectivity index (χ3n) is 3.61. The Morgan fingerprint density at radius 3 is 2.70 bits per heavy atom. The summed E-state index contributed by atoms with van der Waals surface area (Å²) in [6, 6.07) is 5.90. The van der Waals surface area contributed by atoms with Gasteiger partial charge in [-0.25, -0.2) is 0 Å². The molecule has 112 valence electrons. The Balaban J connectivity index is 2.73. The molecule has 1 aromatic rings.